The minimum Gasteiger partial charge on any atom is -0.341 e. The molecule has 0 saturated heterocycles. The van der Waals surface area contributed by atoms with Crippen molar-refractivity contribution in [3.05, 3.63) is 60.3 Å². The summed E-state index contributed by atoms with van der Waals surface area (Å²) in [6, 6.07) is 9.55. The summed E-state index contributed by atoms with van der Waals surface area (Å²) in [7, 11) is 0. The van der Waals surface area contributed by atoms with Gasteiger partial charge in [-0.3, -0.25) is 4.79 Å². The summed E-state index contributed by atoms with van der Waals surface area (Å²) >= 11 is 0. The second-order valence-corrected chi connectivity index (χ2v) is 4.15. The van der Waals surface area contributed by atoms with Gasteiger partial charge in [-0.15, -0.1) is 0 Å². The molecular weight excluding hydrogens is 242 g/mol. The molecule has 0 spiro atoms. The van der Waals surface area contributed by atoms with E-state index in [9.17, 15) is 4.79 Å². The van der Waals surface area contributed by atoms with Crippen LogP contribution in [0.1, 0.15) is 30.2 Å². The van der Waals surface area contributed by atoms with Gasteiger partial charge in [-0.25, -0.2) is 0 Å². The molecule has 19 heavy (non-hydrogen) atoms. The van der Waals surface area contributed by atoms with Crippen LogP contribution in [-0.2, 0) is 11.2 Å². The van der Waals surface area contributed by atoms with Crippen LogP contribution in [-0.4, -0.2) is 16.0 Å². The number of rotatable bonds is 5. The van der Waals surface area contributed by atoms with Crippen molar-refractivity contribution >= 4 is 5.91 Å². The summed E-state index contributed by atoms with van der Waals surface area (Å²) in [4.78, 5) is 15.4. The number of hydrogen-bond acceptors (Lipinski definition) is 4. The van der Waals surface area contributed by atoms with Gasteiger partial charge in [0.05, 0.1) is 0 Å². The van der Waals surface area contributed by atoms with Crippen LogP contribution in [0.5, 0.6) is 0 Å². The molecule has 0 aliphatic rings. The van der Waals surface area contributed by atoms with E-state index in [0.717, 1.165) is 5.56 Å². The lowest BCUT2D eigenvalue weighted by atomic mass is 10.1. The summed E-state index contributed by atoms with van der Waals surface area (Å²) in [6.45, 7) is 5.17. The van der Waals surface area contributed by atoms with Crippen LogP contribution in [0, 0.1) is 0 Å². The fourth-order valence-electron chi connectivity index (χ4n) is 1.63. The first-order valence-electron chi connectivity index (χ1n) is 5.98. The predicted octanol–water partition coefficient (Wildman–Crippen LogP) is 2.02. The molecule has 5 heteroatoms. The Kier molecular flexibility index (Phi) is 4.07. The molecule has 1 N–H and O–H groups in total. The Morgan fingerprint density at radius 2 is 2.21 bits per heavy atom. The van der Waals surface area contributed by atoms with Crippen molar-refractivity contribution in [2.45, 2.75) is 19.4 Å². The molecule has 1 aromatic carbocycles. The monoisotopic (exact) mass is 257 g/mol. The van der Waals surface area contributed by atoms with Crippen LogP contribution in [0.25, 0.3) is 0 Å². The fourth-order valence-corrected chi connectivity index (χ4v) is 1.63. The highest BCUT2D eigenvalue weighted by atomic mass is 16.5. The van der Waals surface area contributed by atoms with Crippen molar-refractivity contribution in [1.29, 1.82) is 0 Å². The van der Waals surface area contributed by atoms with Gasteiger partial charge >= 0.3 is 0 Å². The maximum Gasteiger partial charge on any atom is 0.248 e. The number of carbonyl (C=O) groups is 1. The molecule has 0 unspecified atom stereocenters. The van der Waals surface area contributed by atoms with E-state index in [4.69, 9.17) is 4.52 Å². The van der Waals surface area contributed by atoms with Crippen molar-refractivity contribution in [3.8, 4) is 0 Å². The van der Waals surface area contributed by atoms with Crippen molar-refractivity contribution in [2.24, 2.45) is 0 Å². The molecule has 0 bridgehead atoms. The molecule has 0 saturated carbocycles. The molecule has 0 fully saturated rings. The Hall–Kier alpha value is -2.43. The van der Waals surface area contributed by atoms with E-state index in [1.807, 2.05) is 30.3 Å². The van der Waals surface area contributed by atoms with Crippen LogP contribution < -0.4 is 5.32 Å². The summed E-state index contributed by atoms with van der Waals surface area (Å²) in [5.74, 6) is 0.720. The first-order chi connectivity index (χ1) is 9.19. The molecule has 1 amide bonds. The summed E-state index contributed by atoms with van der Waals surface area (Å²) in [6.07, 6.45) is 1.81. The molecular formula is C14H15N3O2. The summed E-state index contributed by atoms with van der Waals surface area (Å²) in [5.41, 5.74) is 1.11. The van der Waals surface area contributed by atoms with Crippen molar-refractivity contribution in [1.82, 2.24) is 15.5 Å². The van der Waals surface area contributed by atoms with Gasteiger partial charge in [0.2, 0.25) is 11.8 Å². The standard InChI is InChI=1S/C14H15N3O2/c1-3-13(18)15-10(2)14-16-12(17-19-14)9-11-7-5-4-6-8-11/h3-8,10H,1,9H2,2H3,(H,15,18)/t10-/m1/s1. The van der Waals surface area contributed by atoms with Gasteiger partial charge in [-0.2, -0.15) is 4.98 Å². The third kappa shape index (κ3) is 3.51. The third-order valence-corrected chi connectivity index (χ3v) is 2.60. The first-order valence-corrected chi connectivity index (χ1v) is 5.98. The van der Waals surface area contributed by atoms with Gasteiger partial charge in [0.25, 0.3) is 0 Å². The Bertz CT molecular complexity index is 563. The second kappa shape index (κ2) is 5.95. The number of aromatic nitrogens is 2. The predicted molar refractivity (Wildman–Crippen MR) is 70.3 cm³/mol. The van der Waals surface area contributed by atoms with Gasteiger partial charge < -0.3 is 9.84 Å². The number of amides is 1. The Morgan fingerprint density at radius 1 is 1.47 bits per heavy atom. The lowest BCUT2D eigenvalue weighted by Crippen LogP contribution is -2.24. The molecule has 2 rings (SSSR count). The zero-order valence-corrected chi connectivity index (χ0v) is 10.7. The van der Waals surface area contributed by atoms with Crippen molar-refractivity contribution < 1.29 is 9.32 Å². The fraction of sp³-hybridized carbons (Fsp3) is 0.214. The number of nitrogens with one attached hydrogen (secondary N) is 1. The van der Waals surface area contributed by atoms with Gasteiger partial charge in [-0.1, -0.05) is 42.1 Å². The maximum atomic E-state index is 11.2. The molecule has 98 valence electrons. The quantitative estimate of drug-likeness (QED) is 0.832. The largest absolute Gasteiger partial charge is 0.341 e. The molecule has 0 aliphatic carbocycles. The lowest BCUT2D eigenvalue weighted by molar-refractivity contribution is -0.117. The first kappa shape index (κ1) is 13.0. The van der Waals surface area contributed by atoms with Crippen molar-refractivity contribution in [3.63, 3.8) is 0 Å². The molecule has 1 aromatic heterocycles. The SMILES string of the molecule is C=CC(=O)N[C@H](C)c1nc(Cc2ccccc2)no1. The Labute approximate surface area is 111 Å². The van der Waals surface area contributed by atoms with E-state index in [0.29, 0.717) is 18.1 Å². The minimum absolute atomic E-state index is 0.268. The number of nitrogens with zero attached hydrogens (tertiary/aromatic N) is 2. The van der Waals surface area contributed by atoms with Gasteiger partial charge in [0, 0.05) is 6.42 Å². The van der Waals surface area contributed by atoms with Gasteiger partial charge in [0.1, 0.15) is 6.04 Å². The lowest BCUT2D eigenvalue weighted by Gasteiger charge is -2.06. The number of hydrogen-bond donors (Lipinski definition) is 1. The minimum atomic E-state index is -0.331. The normalized spacial score (nSPS) is 11.8. The zero-order valence-electron chi connectivity index (χ0n) is 10.7. The highest BCUT2D eigenvalue weighted by molar-refractivity contribution is 5.87. The van der Waals surface area contributed by atoms with Gasteiger partial charge in [0.15, 0.2) is 5.82 Å². The Balaban J connectivity index is 2.02. The topological polar surface area (TPSA) is 68.0 Å². The smallest absolute Gasteiger partial charge is 0.248 e. The van der Waals surface area contributed by atoms with Crippen LogP contribution in [0.4, 0.5) is 0 Å². The van der Waals surface area contributed by atoms with E-state index in [-0.39, 0.29) is 11.9 Å². The van der Waals surface area contributed by atoms with Gasteiger partial charge in [-0.05, 0) is 18.6 Å². The van der Waals surface area contributed by atoms with E-state index < -0.39 is 0 Å². The van der Waals surface area contributed by atoms with E-state index in [2.05, 4.69) is 22.0 Å². The maximum absolute atomic E-state index is 11.2. The van der Waals surface area contributed by atoms with E-state index in [1.54, 1.807) is 6.92 Å². The molecule has 1 atom stereocenters. The van der Waals surface area contributed by atoms with E-state index >= 15 is 0 Å². The van der Waals surface area contributed by atoms with Crippen molar-refractivity contribution in [2.75, 3.05) is 0 Å². The van der Waals surface area contributed by atoms with E-state index in [1.165, 1.54) is 6.08 Å². The van der Waals surface area contributed by atoms with Crippen LogP contribution in [0.3, 0.4) is 0 Å². The van der Waals surface area contributed by atoms with Crippen LogP contribution >= 0.6 is 0 Å². The molecule has 5 nitrogen and oxygen atoms in total. The number of benzene rings is 1. The molecule has 2 aromatic rings. The number of carbonyl (C=O) groups excluding carboxylic acids is 1. The highest BCUT2D eigenvalue weighted by Crippen LogP contribution is 2.12. The van der Waals surface area contributed by atoms with Crippen LogP contribution in [0.2, 0.25) is 0 Å². The zero-order chi connectivity index (χ0) is 13.7. The van der Waals surface area contributed by atoms with Crippen LogP contribution in [0.15, 0.2) is 47.5 Å². The summed E-state index contributed by atoms with van der Waals surface area (Å²) in [5, 5.41) is 6.57. The Morgan fingerprint density at radius 3 is 2.89 bits per heavy atom. The molecule has 0 radical (unpaired) electrons. The third-order valence-electron chi connectivity index (χ3n) is 2.60. The summed E-state index contributed by atoms with van der Waals surface area (Å²) < 4.78 is 5.13. The highest BCUT2D eigenvalue weighted by Gasteiger charge is 2.15. The second-order valence-electron chi connectivity index (χ2n) is 4.15. The average molecular weight is 257 g/mol. The molecule has 0 aliphatic heterocycles. The average Bonchev–Trinajstić information content (AvgIpc) is 2.88. The molecule has 1 heterocycles.